The molecule has 4 rings (SSSR count). The van der Waals surface area contributed by atoms with E-state index in [4.69, 9.17) is 0 Å². The Morgan fingerprint density at radius 2 is 1.81 bits per heavy atom. The first-order valence-electron chi connectivity index (χ1n) is 6.63. The fourth-order valence-electron chi connectivity index (χ4n) is 3.73. The molecule has 86 valence electrons. The van der Waals surface area contributed by atoms with Crippen LogP contribution in [0.15, 0.2) is 30.3 Å². The Morgan fingerprint density at radius 1 is 1.12 bits per heavy atom. The molecule has 1 aromatic carbocycles. The zero-order valence-electron chi connectivity index (χ0n) is 10.2. The summed E-state index contributed by atoms with van der Waals surface area (Å²) in [5.74, 6) is 1.95. The Hall–Kier alpha value is -0.820. The van der Waals surface area contributed by atoms with Crippen LogP contribution < -0.4 is 0 Å². The van der Waals surface area contributed by atoms with Crippen LogP contribution in [0.3, 0.4) is 0 Å². The van der Waals surface area contributed by atoms with Crippen LogP contribution in [-0.4, -0.2) is 31.2 Å². The lowest BCUT2D eigenvalue weighted by Gasteiger charge is -2.50. The van der Waals surface area contributed by atoms with Gasteiger partial charge in [0.05, 0.1) is 26.7 Å². The molecule has 16 heavy (non-hydrogen) atoms. The molecular weight excluding hydrogens is 194 g/mol. The first-order chi connectivity index (χ1) is 7.75. The first-order valence-corrected chi connectivity index (χ1v) is 6.63. The number of fused-ring (bicyclic) bond motifs is 3. The van der Waals surface area contributed by atoms with Gasteiger partial charge < -0.3 is 4.48 Å². The third kappa shape index (κ3) is 1.89. The molecule has 1 aromatic rings. The second-order valence-electron chi connectivity index (χ2n) is 6.04. The molecule has 0 amide bonds. The Morgan fingerprint density at radius 3 is 2.44 bits per heavy atom. The van der Waals surface area contributed by atoms with Crippen molar-refractivity contribution in [1.82, 2.24) is 0 Å². The van der Waals surface area contributed by atoms with Gasteiger partial charge in [-0.3, -0.25) is 0 Å². The number of piperidine rings is 3. The molecule has 0 saturated carbocycles. The Labute approximate surface area is 98.7 Å². The maximum atomic E-state index is 2.45. The van der Waals surface area contributed by atoms with E-state index in [1.807, 2.05) is 0 Å². The molecule has 3 aliphatic rings. The van der Waals surface area contributed by atoms with Crippen molar-refractivity contribution < 1.29 is 4.48 Å². The molecule has 0 N–H and O–H groups in total. The molecule has 3 heterocycles. The molecule has 0 aliphatic carbocycles. The van der Waals surface area contributed by atoms with Gasteiger partial charge in [0.25, 0.3) is 0 Å². The average Bonchev–Trinajstić information content (AvgIpc) is 2.30. The maximum absolute atomic E-state index is 2.45. The highest BCUT2D eigenvalue weighted by atomic mass is 15.3. The van der Waals surface area contributed by atoms with Gasteiger partial charge in [-0.25, -0.2) is 0 Å². The summed E-state index contributed by atoms with van der Waals surface area (Å²) in [4.78, 5) is 0. The average molecular weight is 216 g/mol. The molecule has 1 nitrogen and oxygen atoms in total. The normalized spacial score (nSPS) is 37.6. The number of nitrogens with zero attached hydrogens (tertiary/aromatic N) is 1. The number of benzene rings is 1. The van der Waals surface area contributed by atoms with Crippen LogP contribution in [0.2, 0.25) is 0 Å². The molecular formula is C15H22N+. The minimum absolute atomic E-state index is 0.940. The van der Waals surface area contributed by atoms with Crippen LogP contribution in [0.25, 0.3) is 0 Å². The first kappa shape index (κ1) is 10.3. The van der Waals surface area contributed by atoms with Gasteiger partial charge in [0.1, 0.15) is 0 Å². The van der Waals surface area contributed by atoms with E-state index >= 15 is 0 Å². The Kier molecular flexibility index (Phi) is 2.51. The van der Waals surface area contributed by atoms with Gasteiger partial charge >= 0.3 is 0 Å². The van der Waals surface area contributed by atoms with Gasteiger partial charge in [0, 0.05) is 18.8 Å². The zero-order valence-corrected chi connectivity index (χ0v) is 10.2. The van der Waals surface area contributed by atoms with Crippen molar-refractivity contribution in [3.8, 4) is 0 Å². The summed E-state index contributed by atoms with van der Waals surface area (Å²) in [6, 6.07) is 11.0. The molecule has 2 bridgehead atoms. The van der Waals surface area contributed by atoms with Crippen molar-refractivity contribution in [3.05, 3.63) is 35.9 Å². The monoisotopic (exact) mass is 216 g/mol. The third-order valence-corrected chi connectivity index (χ3v) is 4.76. The minimum Gasteiger partial charge on any atom is -0.326 e. The van der Waals surface area contributed by atoms with E-state index in [0.717, 1.165) is 11.8 Å². The van der Waals surface area contributed by atoms with Crippen LogP contribution in [0.5, 0.6) is 0 Å². The second-order valence-corrected chi connectivity index (χ2v) is 6.04. The third-order valence-electron chi connectivity index (χ3n) is 4.76. The lowest BCUT2D eigenvalue weighted by Crippen LogP contribution is -2.59. The van der Waals surface area contributed by atoms with Crippen LogP contribution in [0.1, 0.15) is 18.4 Å². The van der Waals surface area contributed by atoms with Gasteiger partial charge in [-0.1, -0.05) is 30.3 Å². The van der Waals surface area contributed by atoms with E-state index in [1.165, 1.54) is 48.9 Å². The molecule has 0 radical (unpaired) electrons. The van der Waals surface area contributed by atoms with Crippen LogP contribution in [0, 0.1) is 11.8 Å². The van der Waals surface area contributed by atoms with Crippen molar-refractivity contribution in [2.24, 2.45) is 11.8 Å². The lowest BCUT2D eigenvalue weighted by molar-refractivity contribution is -0.929. The van der Waals surface area contributed by atoms with Crippen LogP contribution in [0.4, 0.5) is 0 Å². The molecule has 3 fully saturated rings. The molecule has 0 aromatic heterocycles. The fraction of sp³-hybridized carbons (Fsp3) is 0.600. The van der Waals surface area contributed by atoms with Gasteiger partial charge in [-0.05, 0) is 17.9 Å². The molecule has 1 atom stereocenters. The predicted molar refractivity (Wildman–Crippen MR) is 67.1 cm³/mol. The van der Waals surface area contributed by atoms with Crippen LogP contribution >= 0.6 is 0 Å². The number of quaternary nitrogens is 1. The Bertz CT molecular complexity index is 349. The molecule has 3 saturated heterocycles. The summed E-state index contributed by atoms with van der Waals surface area (Å²) < 4.78 is 1.34. The van der Waals surface area contributed by atoms with E-state index < -0.39 is 0 Å². The van der Waals surface area contributed by atoms with Crippen molar-refractivity contribution in [3.63, 3.8) is 0 Å². The lowest BCUT2D eigenvalue weighted by atomic mass is 9.75. The van der Waals surface area contributed by atoms with E-state index in [-0.39, 0.29) is 0 Å². The molecule has 3 aliphatic heterocycles. The summed E-state index contributed by atoms with van der Waals surface area (Å²) in [7, 11) is 2.45. The highest BCUT2D eigenvalue weighted by molar-refractivity contribution is 5.15. The van der Waals surface area contributed by atoms with Crippen LogP contribution in [-0.2, 0) is 6.42 Å². The highest BCUT2D eigenvalue weighted by Gasteiger charge is 2.42. The summed E-state index contributed by atoms with van der Waals surface area (Å²) in [6.07, 6.45) is 4.24. The summed E-state index contributed by atoms with van der Waals surface area (Å²) in [6.45, 7) is 4.27. The molecule has 1 heteroatoms. The summed E-state index contributed by atoms with van der Waals surface area (Å²) in [5, 5.41) is 0. The van der Waals surface area contributed by atoms with Gasteiger partial charge in [0.2, 0.25) is 0 Å². The maximum Gasteiger partial charge on any atom is 0.0819 e. The van der Waals surface area contributed by atoms with E-state index in [9.17, 15) is 0 Å². The number of hydrogen-bond donors (Lipinski definition) is 0. The second kappa shape index (κ2) is 3.89. The standard InChI is InChI=1S/C15H22N/c1-16-9-7-14(8-10-16)15(12-16)11-13-5-3-2-4-6-13/h2-6,14-15H,7-12H2,1H3/q+1/t14?,15-,16?/m0/s1. The predicted octanol–water partition coefficient (Wildman–Crippen LogP) is 2.72. The van der Waals surface area contributed by atoms with Crippen molar-refractivity contribution >= 4 is 0 Å². The van der Waals surface area contributed by atoms with Gasteiger partial charge in [-0.15, -0.1) is 0 Å². The quantitative estimate of drug-likeness (QED) is 0.667. The number of rotatable bonds is 2. The van der Waals surface area contributed by atoms with E-state index in [0.29, 0.717) is 0 Å². The van der Waals surface area contributed by atoms with E-state index in [2.05, 4.69) is 37.4 Å². The summed E-state index contributed by atoms with van der Waals surface area (Å²) >= 11 is 0. The fourth-order valence-corrected chi connectivity index (χ4v) is 3.73. The minimum atomic E-state index is 0.940. The highest BCUT2D eigenvalue weighted by Crippen LogP contribution is 2.37. The van der Waals surface area contributed by atoms with Crippen molar-refractivity contribution in [1.29, 1.82) is 0 Å². The van der Waals surface area contributed by atoms with Gasteiger partial charge in [-0.2, -0.15) is 0 Å². The van der Waals surface area contributed by atoms with E-state index in [1.54, 1.807) is 0 Å². The number of hydrogen-bond acceptors (Lipinski definition) is 0. The largest absolute Gasteiger partial charge is 0.326 e. The summed E-state index contributed by atoms with van der Waals surface area (Å²) in [5.41, 5.74) is 1.54. The zero-order chi connectivity index (χ0) is 11.0. The topological polar surface area (TPSA) is 0 Å². The SMILES string of the molecule is C[N+]12CCC(CC1)[C@@H](Cc1ccccc1)C2. The smallest absolute Gasteiger partial charge is 0.0819 e. The van der Waals surface area contributed by atoms with Gasteiger partial charge in [0.15, 0.2) is 0 Å². The van der Waals surface area contributed by atoms with Crippen molar-refractivity contribution in [2.45, 2.75) is 19.3 Å². The molecule has 0 spiro atoms. The van der Waals surface area contributed by atoms with Crippen molar-refractivity contribution in [2.75, 3.05) is 26.7 Å². The molecule has 0 unspecified atom stereocenters. The Balaban J connectivity index is 1.72.